The average Bonchev–Trinajstić information content (AvgIpc) is 2.42. The first kappa shape index (κ1) is 13.4. The van der Waals surface area contributed by atoms with Crippen LogP contribution < -0.4 is 10.2 Å². The molecule has 18 heavy (non-hydrogen) atoms. The maximum Gasteiger partial charge on any atom is 0.129 e. The Balaban J connectivity index is 2.07. The highest BCUT2D eigenvalue weighted by molar-refractivity contribution is 6.31. The second kappa shape index (κ2) is 6.76. The van der Waals surface area contributed by atoms with Crippen molar-refractivity contribution >= 4 is 17.4 Å². The van der Waals surface area contributed by atoms with Gasteiger partial charge in [-0.25, -0.2) is 4.98 Å². The summed E-state index contributed by atoms with van der Waals surface area (Å²) in [6.45, 7) is 5.96. The van der Waals surface area contributed by atoms with Crippen LogP contribution in [0, 0.1) is 0 Å². The zero-order valence-electron chi connectivity index (χ0n) is 10.8. The molecule has 0 aliphatic carbocycles. The summed E-state index contributed by atoms with van der Waals surface area (Å²) in [7, 11) is 0. The zero-order chi connectivity index (χ0) is 12.8. The molecular weight excluding hydrogens is 246 g/mol. The average molecular weight is 266 g/mol. The van der Waals surface area contributed by atoms with E-state index in [-0.39, 0.29) is 0 Å². The molecule has 4 heteroatoms. The minimum Gasteiger partial charge on any atom is -0.353 e. The second-order valence-electron chi connectivity index (χ2n) is 4.52. The van der Waals surface area contributed by atoms with E-state index < -0.39 is 0 Å². The summed E-state index contributed by atoms with van der Waals surface area (Å²) in [6, 6.07) is 2.10. The second-order valence-corrected chi connectivity index (χ2v) is 4.92. The molecule has 0 spiro atoms. The van der Waals surface area contributed by atoms with Gasteiger partial charge in [-0.3, -0.25) is 0 Å². The van der Waals surface area contributed by atoms with Gasteiger partial charge in [-0.2, -0.15) is 0 Å². The molecule has 0 saturated heterocycles. The van der Waals surface area contributed by atoms with Crippen LogP contribution in [0.4, 0.5) is 5.82 Å². The molecule has 0 atom stereocenters. The minimum absolute atomic E-state index is 0.745. The van der Waals surface area contributed by atoms with E-state index in [1.165, 1.54) is 0 Å². The molecule has 1 N–H and O–H groups in total. The molecule has 3 nitrogen and oxygen atoms in total. The first-order valence-corrected chi connectivity index (χ1v) is 6.94. The third kappa shape index (κ3) is 3.47. The number of halogens is 1. The molecule has 1 aliphatic rings. The number of anilines is 1. The number of hydrogen-bond acceptors (Lipinski definition) is 3. The van der Waals surface area contributed by atoms with E-state index in [1.807, 2.05) is 0 Å². The fourth-order valence-electron chi connectivity index (χ4n) is 2.03. The minimum atomic E-state index is 0.745. The predicted octanol–water partition coefficient (Wildman–Crippen LogP) is 3.00. The molecular formula is C14H20ClN3. The van der Waals surface area contributed by atoms with Gasteiger partial charge in [0, 0.05) is 25.8 Å². The lowest BCUT2D eigenvalue weighted by atomic mass is 10.2. The number of hydrogen-bond donors (Lipinski definition) is 1. The lowest BCUT2D eigenvalue weighted by Gasteiger charge is -2.25. The Bertz CT molecular complexity index is 418. The van der Waals surface area contributed by atoms with Gasteiger partial charge in [0.05, 0.1) is 5.02 Å². The molecule has 0 radical (unpaired) electrons. The fraction of sp³-hybridized carbons (Fsp3) is 0.500. The summed E-state index contributed by atoms with van der Waals surface area (Å²) < 4.78 is 0. The highest BCUT2D eigenvalue weighted by Gasteiger charge is 2.10. The standard InChI is InChI=1S/C14H20ClN3/c1-2-6-16-10-12-9-14(17-11-13(12)15)18-7-4-3-5-8-18/h3-4,9,11,16H,2,5-8,10H2,1H3. The maximum absolute atomic E-state index is 6.18. The Morgan fingerprint density at radius 2 is 2.33 bits per heavy atom. The van der Waals surface area contributed by atoms with E-state index in [0.717, 1.165) is 55.4 Å². The van der Waals surface area contributed by atoms with Gasteiger partial charge >= 0.3 is 0 Å². The summed E-state index contributed by atoms with van der Waals surface area (Å²) in [5.74, 6) is 1.03. The highest BCUT2D eigenvalue weighted by Crippen LogP contribution is 2.21. The molecule has 1 aromatic heterocycles. The molecule has 1 aromatic rings. The van der Waals surface area contributed by atoms with Crippen molar-refractivity contribution in [3.63, 3.8) is 0 Å². The number of pyridine rings is 1. The lowest BCUT2D eigenvalue weighted by molar-refractivity contribution is 0.674. The molecule has 0 amide bonds. The topological polar surface area (TPSA) is 28.2 Å². The summed E-state index contributed by atoms with van der Waals surface area (Å²) >= 11 is 6.18. The van der Waals surface area contributed by atoms with E-state index in [9.17, 15) is 0 Å². The number of nitrogens with one attached hydrogen (secondary N) is 1. The van der Waals surface area contributed by atoms with Crippen molar-refractivity contribution in [3.05, 3.63) is 35.0 Å². The number of rotatable bonds is 5. The molecule has 2 heterocycles. The summed E-state index contributed by atoms with van der Waals surface area (Å²) in [5.41, 5.74) is 1.13. The van der Waals surface area contributed by atoms with Crippen LogP contribution in [0.2, 0.25) is 5.02 Å². The van der Waals surface area contributed by atoms with Crippen molar-refractivity contribution in [3.8, 4) is 0 Å². The number of nitrogens with zero attached hydrogens (tertiary/aromatic N) is 2. The first-order valence-electron chi connectivity index (χ1n) is 6.56. The molecule has 0 unspecified atom stereocenters. The highest BCUT2D eigenvalue weighted by atomic mass is 35.5. The Kier molecular flexibility index (Phi) is 5.02. The molecule has 98 valence electrons. The SMILES string of the molecule is CCCNCc1cc(N2CC=CCC2)ncc1Cl. The van der Waals surface area contributed by atoms with Gasteiger partial charge in [0.1, 0.15) is 5.82 Å². The van der Waals surface area contributed by atoms with Crippen molar-refractivity contribution in [2.24, 2.45) is 0 Å². The van der Waals surface area contributed by atoms with Crippen LogP contribution in [-0.4, -0.2) is 24.6 Å². The molecule has 0 fully saturated rings. The largest absolute Gasteiger partial charge is 0.353 e. The molecule has 0 saturated carbocycles. The van der Waals surface area contributed by atoms with Gasteiger partial charge in [-0.15, -0.1) is 0 Å². The third-order valence-electron chi connectivity index (χ3n) is 3.04. The van der Waals surface area contributed by atoms with Crippen LogP contribution in [0.3, 0.4) is 0 Å². The Hall–Kier alpha value is -1.06. The van der Waals surface area contributed by atoms with Crippen LogP contribution in [-0.2, 0) is 6.54 Å². The van der Waals surface area contributed by atoms with Gasteiger partial charge in [0.2, 0.25) is 0 Å². The lowest BCUT2D eigenvalue weighted by Crippen LogP contribution is -2.27. The summed E-state index contributed by atoms with van der Waals surface area (Å²) in [5, 5.41) is 4.12. The van der Waals surface area contributed by atoms with Crippen molar-refractivity contribution in [1.29, 1.82) is 0 Å². The monoisotopic (exact) mass is 265 g/mol. The van der Waals surface area contributed by atoms with Gasteiger partial charge in [-0.1, -0.05) is 30.7 Å². The maximum atomic E-state index is 6.18. The van der Waals surface area contributed by atoms with Crippen LogP contribution in [0.25, 0.3) is 0 Å². The van der Waals surface area contributed by atoms with Gasteiger partial charge in [0.15, 0.2) is 0 Å². The predicted molar refractivity (Wildman–Crippen MR) is 77.2 cm³/mol. The van der Waals surface area contributed by atoms with Gasteiger partial charge in [-0.05, 0) is 31.0 Å². The molecule has 0 aromatic carbocycles. The van der Waals surface area contributed by atoms with E-state index in [0.29, 0.717) is 0 Å². The van der Waals surface area contributed by atoms with Crippen molar-refractivity contribution < 1.29 is 0 Å². The Morgan fingerprint density at radius 3 is 3.06 bits per heavy atom. The Morgan fingerprint density at radius 1 is 1.44 bits per heavy atom. The van der Waals surface area contributed by atoms with Crippen LogP contribution >= 0.6 is 11.6 Å². The molecule has 2 rings (SSSR count). The quantitative estimate of drug-likeness (QED) is 0.655. The smallest absolute Gasteiger partial charge is 0.129 e. The van der Waals surface area contributed by atoms with Gasteiger partial charge < -0.3 is 10.2 Å². The molecule has 0 bridgehead atoms. The third-order valence-corrected chi connectivity index (χ3v) is 3.38. The Labute approximate surface area is 114 Å². The van der Waals surface area contributed by atoms with Gasteiger partial charge in [0.25, 0.3) is 0 Å². The van der Waals surface area contributed by atoms with Crippen LogP contribution in [0.15, 0.2) is 24.4 Å². The van der Waals surface area contributed by atoms with E-state index in [1.54, 1.807) is 6.20 Å². The summed E-state index contributed by atoms with van der Waals surface area (Å²) in [4.78, 5) is 6.70. The van der Waals surface area contributed by atoms with Crippen molar-refractivity contribution in [2.45, 2.75) is 26.3 Å². The normalized spacial score (nSPS) is 15.1. The van der Waals surface area contributed by atoms with E-state index in [2.05, 4.69) is 40.3 Å². The first-order chi connectivity index (χ1) is 8.81. The number of aromatic nitrogens is 1. The molecule has 1 aliphatic heterocycles. The van der Waals surface area contributed by atoms with Crippen LogP contribution in [0.5, 0.6) is 0 Å². The fourth-order valence-corrected chi connectivity index (χ4v) is 2.20. The van der Waals surface area contributed by atoms with Crippen LogP contribution in [0.1, 0.15) is 25.3 Å². The van der Waals surface area contributed by atoms with Crippen molar-refractivity contribution in [1.82, 2.24) is 10.3 Å². The van der Waals surface area contributed by atoms with Crippen molar-refractivity contribution in [2.75, 3.05) is 24.5 Å². The van der Waals surface area contributed by atoms with E-state index >= 15 is 0 Å². The van der Waals surface area contributed by atoms with E-state index in [4.69, 9.17) is 11.6 Å². The summed E-state index contributed by atoms with van der Waals surface area (Å²) in [6.07, 6.45) is 8.39. The zero-order valence-corrected chi connectivity index (χ0v) is 11.6.